The largest absolute Gasteiger partial charge is 0.443 e. The van der Waals surface area contributed by atoms with Crippen LogP contribution in [0.3, 0.4) is 0 Å². The van der Waals surface area contributed by atoms with Gasteiger partial charge in [-0.25, -0.2) is 9.69 Å². The number of nitrogens with zero attached hydrogens (tertiary/aromatic N) is 1. The van der Waals surface area contributed by atoms with Crippen LogP contribution in [0.5, 0.6) is 0 Å². The Kier molecular flexibility index (Phi) is 8.21. The van der Waals surface area contributed by atoms with Crippen molar-refractivity contribution in [2.75, 3.05) is 6.54 Å². The van der Waals surface area contributed by atoms with E-state index in [4.69, 9.17) is 4.74 Å². The average Bonchev–Trinajstić information content (AvgIpc) is 2.41. The number of carbonyl (C=O) groups excluding carboxylic acids is 2. The zero-order chi connectivity index (χ0) is 16.4. The van der Waals surface area contributed by atoms with Crippen LogP contribution in [0.1, 0.15) is 78.6 Å². The fourth-order valence-corrected chi connectivity index (χ4v) is 2.44. The fraction of sp³-hybridized carbons (Fsp3) is 0.778. The van der Waals surface area contributed by atoms with Crippen molar-refractivity contribution in [1.29, 1.82) is 0 Å². The van der Waals surface area contributed by atoms with E-state index >= 15 is 0 Å². The van der Waals surface area contributed by atoms with E-state index in [1.165, 1.54) is 17.7 Å². The topological polar surface area (TPSA) is 46.6 Å². The highest BCUT2D eigenvalue weighted by Crippen LogP contribution is 2.14. The monoisotopic (exact) mass is 309 g/mol. The van der Waals surface area contributed by atoms with Crippen molar-refractivity contribution >= 4 is 12.0 Å². The first-order valence-electron chi connectivity index (χ1n) is 8.58. The second-order valence-corrected chi connectivity index (χ2v) is 6.95. The van der Waals surface area contributed by atoms with Gasteiger partial charge in [-0.3, -0.25) is 4.79 Å². The van der Waals surface area contributed by atoms with Crippen molar-refractivity contribution in [3.05, 3.63) is 12.2 Å². The van der Waals surface area contributed by atoms with Gasteiger partial charge in [-0.1, -0.05) is 31.4 Å². The van der Waals surface area contributed by atoms with E-state index in [1.807, 2.05) is 20.8 Å². The highest BCUT2D eigenvalue weighted by Gasteiger charge is 2.26. The van der Waals surface area contributed by atoms with E-state index in [2.05, 4.69) is 12.2 Å². The van der Waals surface area contributed by atoms with Crippen LogP contribution in [0, 0.1) is 0 Å². The lowest BCUT2D eigenvalue weighted by molar-refractivity contribution is -0.130. The third kappa shape index (κ3) is 8.20. The summed E-state index contributed by atoms with van der Waals surface area (Å²) in [6.07, 6.45) is 12.6. The van der Waals surface area contributed by atoms with E-state index in [0.717, 1.165) is 38.5 Å². The predicted octanol–water partition coefficient (Wildman–Crippen LogP) is 4.83. The molecule has 0 spiro atoms. The summed E-state index contributed by atoms with van der Waals surface area (Å²) in [6, 6.07) is 0. The first-order chi connectivity index (χ1) is 10.4. The highest BCUT2D eigenvalue weighted by molar-refractivity contribution is 5.92. The van der Waals surface area contributed by atoms with Crippen LogP contribution in [0.25, 0.3) is 0 Å². The average molecular weight is 309 g/mol. The molecule has 4 nitrogen and oxygen atoms in total. The molecular formula is C18H31NO3. The molecule has 1 aliphatic rings. The number of allylic oxidation sites excluding steroid dienone is 2. The van der Waals surface area contributed by atoms with Gasteiger partial charge < -0.3 is 4.74 Å². The van der Waals surface area contributed by atoms with E-state index < -0.39 is 11.7 Å². The van der Waals surface area contributed by atoms with Gasteiger partial charge in [0.15, 0.2) is 0 Å². The third-order valence-electron chi connectivity index (χ3n) is 3.60. The van der Waals surface area contributed by atoms with Gasteiger partial charge in [-0.15, -0.1) is 0 Å². The smallest absolute Gasteiger partial charge is 0.417 e. The van der Waals surface area contributed by atoms with Crippen molar-refractivity contribution in [3.8, 4) is 0 Å². The third-order valence-corrected chi connectivity index (χ3v) is 3.60. The van der Waals surface area contributed by atoms with Gasteiger partial charge in [0, 0.05) is 13.0 Å². The van der Waals surface area contributed by atoms with Gasteiger partial charge in [0.1, 0.15) is 5.60 Å². The molecule has 0 aromatic heterocycles. The van der Waals surface area contributed by atoms with Crippen molar-refractivity contribution in [1.82, 2.24) is 4.90 Å². The molecule has 0 atom stereocenters. The number of amides is 2. The summed E-state index contributed by atoms with van der Waals surface area (Å²) < 4.78 is 5.37. The van der Waals surface area contributed by atoms with E-state index in [0.29, 0.717) is 13.0 Å². The van der Waals surface area contributed by atoms with Crippen molar-refractivity contribution in [3.63, 3.8) is 0 Å². The first-order valence-corrected chi connectivity index (χ1v) is 8.58. The molecule has 0 saturated heterocycles. The first kappa shape index (κ1) is 18.7. The number of hydrogen-bond donors (Lipinski definition) is 0. The van der Waals surface area contributed by atoms with Gasteiger partial charge >= 0.3 is 6.09 Å². The SMILES string of the molecule is CC(C)(C)OC(=O)N1CCCCCCC/C=C/CCCC1=O. The molecule has 0 radical (unpaired) electrons. The molecular weight excluding hydrogens is 278 g/mol. The van der Waals surface area contributed by atoms with Crippen LogP contribution in [-0.2, 0) is 9.53 Å². The van der Waals surface area contributed by atoms with Crippen LogP contribution in [0.2, 0.25) is 0 Å². The maximum Gasteiger partial charge on any atom is 0.417 e. The summed E-state index contributed by atoms with van der Waals surface area (Å²) in [5.41, 5.74) is -0.570. The van der Waals surface area contributed by atoms with Gasteiger partial charge in [0.25, 0.3) is 0 Å². The molecule has 22 heavy (non-hydrogen) atoms. The summed E-state index contributed by atoms with van der Waals surface area (Å²) in [5, 5.41) is 0. The molecule has 0 aromatic rings. The minimum atomic E-state index is -0.570. The molecule has 2 amide bonds. The van der Waals surface area contributed by atoms with Crippen LogP contribution in [0.15, 0.2) is 12.2 Å². The quantitative estimate of drug-likeness (QED) is 0.602. The van der Waals surface area contributed by atoms with Gasteiger partial charge in [0.2, 0.25) is 5.91 Å². The minimum Gasteiger partial charge on any atom is -0.443 e. The van der Waals surface area contributed by atoms with Crippen molar-refractivity contribution < 1.29 is 14.3 Å². The molecule has 0 saturated carbocycles. The van der Waals surface area contributed by atoms with Gasteiger partial charge in [0.05, 0.1) is 0 Å². The van der Waals surface area contributed by atoms with Crippen LogP contribution in [-0.4, -0.2) is 29.0 Å². The second-order valence-electron chi connectivity index (χ2n) is 6.95. The molecule has 0 N–H and O–H groups in total. The summed E-state index contributed by atoms with van der Waals surface area (Å²) in [5.74, 6) is -0.111. The second kappa shape index (κ2) is 9.65. The molecule has 1 aliphatic heterocycles. The summed E-state index contributed by atoms with van der Waals surface area (Å²) in [6.45, 7) is 5.95. The van der Waals surface area contributed by atoms with E-state index in [-0.39, 0.29) is 5.91 Å². The molecule has 1 rings (SSSR count). The Morgan fingerprint density at radius 1 is 1.00 bits per heavy atom. The molecule has 126 valence electrons. The minimum absolute atomic E-state index is 0.111. The Labute approximate surface area is 134 Å². The Morgan fingerprint density at radius 2 is 1.59 bits per heavy atom. The normalized spacial score (nSPS) is 21.0. The summed E-state index contributed by atoms with van der Waals surface area (Å²) >= 11 is 0. The number of carbonyl (C=O) groups is 2. The maximum atomic E-state index is 12.3. The van der Waals surface area contributed by atoms with Gasteiger partial charge in [-0.05, 0) is 52.9 Å². The van der Waals surface area contributed by atoms with Crippen LogP contribution in [0.4, 0.5) is 4.79 Å². The van der Waals surface area contributed by atoms with Crippen LogP contribution >= 0.6 is 0 Å². The van der Waals surface area contributed by atoms with E-state index in [9.17, 15) is 9.59 Å². The van der Waals surface area contributed by atoms with Gasteiger partial charge in [-0.2, -0.15) is 0 Å². The molecule has 0 aliphatic carbocycles. The standard InChI is InChI=1S/C18H31NO3/c1-18(2,3)22-17(21)19-15-13-11-9-7-5-4-6-8-10-12-14-16(19)20/h6,8H,4-5,7,9-15H2,1-3H3/b8-6+. The number of hydrogen-bond acceptors (Lipinski definition) is 3. The molecule has 0 fully saturated rings. The number of rotatable bonds is 0. The summed E-state index contributed by atoms with van der Waals surface area (Å²) in [7, 11) is 0. The van der Waals surface area contributed by atoms with Crippen LogP contribution < -0.4 is 0 Å². The maximum absolute atomic E-state index is 12.3. The highest BCUT2D eigenvalue weighted by atomic mass is 16.6. The summed E-state index contributed by atoms with van der Waals surface area (Å²) in [4.78, 5) is 25.9. The Hall–Kier alpha value is -1.32. The lowest BCUT2D eigenvalue weighted by atomic mass is 10.1. The molecule has 0 unspecified atom stereocenters. The van der Waals surface area contributed by atoms with Crippen molar-refractivity contribution in [2.24, 2.45) is 0 Å². The van der Waals surface area contributed by atoms with E-state index in [1.54, 1.807) is 0 Å². The zero-order valence-corrected chi connectivity index (χ0v) is 14.4. The molecule has 4 heteroatoms. The number of ether oxygens (including phenoxy) is 1. The Bertz CT molecular complexity index is 382. The molecule has 0 bridgehead atoms. The Balaban J connectivity index is 2.64. The molecule has 1 heterocycles. The molecule has 0 aromatic carbocycles. The lowest BCUT2D eigenvalue weighted by Crippen LogP contribution is -2.41. The predicted molar refractivity (Wildman–Crippen MR) is 88.6 cm³/mol. The Morgan fingerprint density at radius 3 is 2.27 bits per heavy atom. The lowest BCUT2D eigenvalue weighted by Gasteiger charge is -2.26. The zero-order valence-electron chi connectivity index (χ0n) is 14.4. The fourth-order valence-electron chi connectivity index (χ4n) is 2.44. The number of imide groups is 1. The van der Waals surface area contributed by atoms with Crippen molar-refractivity contribution in [2.45, 2.75) is 84.2 Å².